The fraction of sp³-hybridized carbons (Fsp3) is 0.0588. The highest BCUT2D eigenvalue weighted by Gasteiger charge is 2.15. The molecule has 0 saturated heterocycles. The number of nitrogens with two attached hydrogens (primary N) is 1. The van der Waals surface area contributed by atoms with Crippen LogP contribution in [0.15, 0.2) is 60.7 Å². The van der Waals surface area contributed by atoms with Crippen molar-refractivity contribution in [1.29, 1.82) is 0 Å². The Bertz CT molecular complexity index is 770. The van der Waals surface area contributed by atoms with Gasteiger partial charge in [0, 0.05) is 8.96 Å². The molecule has 1 unspecified atom stereocenters. The van der Waals surface area contributed by atoms with Crippen LogP contribution in [0.5, 0.6) is 0 Å². The van der Waals surface area contributed by atoms with Crippen molar-refractivity contribution in [2.75, 3.05) is 0 Å². The molecule has 0 spiro atoms. The lowest BCUT2D eigenvalue weighted by Gasteiger charge is -2.17. The Kier molecular flexibility index (Phi) is 3.72. The Morgan fingerprint density at radius 1 is 0.800 bits per heavy atom. The van der Waals surface area contributed by atoms with E-state index in [9.17, 15) is 4.39 Å². The zero-order valence-corrected chi connectivity index (χ0v) is 12.8. The molecule has 1 atom stereocenters. The fourth-order valence-electron chi connectivity index (χ4n) is 2.45. The largest absolute Gasteiger partial charge is 0.320 e. The fourth-order valence-corrected chi connectivity index (χ4v) is 3.17. The summed E-state index contributed by atoms with van der Waals surface area (Å²) in [6.07, 6.45) is 0. The van der Waals surface area contributed by atoms with Crippen LogP contribution in [0.3, 0.4) is 0 Å². The van der Waals surface area contributed by atoms with Crippen molar-refractivity contribution in [3.05, 3.63) is 81.2 Å². The Morgan fingerprint density at radius 2 is 1.45 bits per heavy atom. The van der Waals surface area contributed by atoms with Gasteiger partial charge >= 0.3 is 0 Å². The third-order valence-corrected chi connectivity index (χ3v) is 4.46. The monoisotopic (exact) mass is 377 g/mol. The maximum Gasteiger partial charge on any atom is 0.131 e. The molecule has 0 aliphatic carbocycles. The molecule has 0 aromatic heterocycles. The number of benzene rings is 3. The summed E-state index contributed by atoms with van der Waals surface area (Å²) in [7, 11) is 0. The number of halogens is 2. The van der Waals surface area contributed by atoms with E-state index in [1.807, 2.05) is 42.5 Å². The van der Waals surface area contributed by atoms with E-state index in [0.717, 1.165) is 20.1 Å². The Labute approximate surface area is 130 Å². The van der Waals surface area contributed by atoms with E-state index in [1.54, 1.807) is 12.1 Å². The molecule has 0 heterocycles. The molecular weight excluding hydrogens is 364 g/mol. The minimum Gasteiger partial charge on any atom is -0.320 e. The van der Waals surface area contributed by atoms with Gasteiger partial charge < -0.3 is 5.73 Å². The standard InChI is InChI=1S/C17H13FIN/c18-15-10-9-13(11-5-1-2-6-12(11)15)17(20)14-7-3-4-8-16(14)19/h1-10,17H,20H2. The Balaban J connectivity index is 2.20. The predicted octanol–water partition coefficient (Wildman–Crippen LogP) is 4.63. The summed E-state index contributed by atoms with van der Waals surface area (Å²) >= 11 is 2.28. The summed E-state index contributed by atoms with van der Waals surface area (Å²) in [5.41, 5.74) is 8.42. The molecule has 0 saturated carbocycles. The molecule has 0 bridgehead atoms. The average Bonchev–Trinajstić information content (AvgIpc) is 2.48. The topological polar surface area (TPSA) is 26.0 Å². The third kappa shape index (κ3) is 2.31. The molecule has 3 rings (SSSR count). The van der Waals surface area contributed by atoms with Gasteiger partial charge in [0.15, 0.2) is 0 Å². The van der Waals surface area contributed by atoms with Crippen LogP contribution < -0.4 is 5.73 Å². The number of fused-ring (bicyclic) bond motifs is 1. The molecule has 0 fully saturated rings. The van der Waals surface area contributed by atoms with E-state index in [1.165, 1.54) is 6.07 Å². The van der Waals surface area contributed by atoms with Crippen molar-refractivity contribution in [1.82, 2.24) is 0 Å². The number of hydrogen-bond acceptors (Lipinski definition) is 1. The van der Waals surface area contributed by atoms with Crippen LogP contribution in [0.4, 0.5) is 4.39 Å². The molecule has 0 amide bonds. The highest BCUT2D eigenvalue weighted by atomic mass is 127. The molecule has 2 N–H and O–H groups in total. The second-order valence-electron chi connectivity index (χ2n) is 4.68. The number of hydrogen-bond donors (Lipinski definition) is 1. The number of rotatable bonds is 2. The zero-order chi connectivity index (χ0) is 14.1. The van der Waals surface area contributed by atoms with Gasteiger partial charge in [-0.05, 0) is 51.2 Å². The van der Waals surface area contributed by atoms with Crippen molar-refractivity contribution in [2.24, 2.45) is 5.73 Å². The minimum absolute atomic E-state index is 0.209. The summed E-state index contributed by atoms with van der Waals surface area (Å²) in [5.74, 6) is -0.209. The molecule has 3 aromatic rings. The van der Waals surface area contributed by atoms with Gasteiger partial charge in [-0.2, -0.15) is 0 Å². The average molecular weight is 377 g/mol. The van der Waals surface area contributed by atoms with Gasteiger partial charge in [0.2, 0.25) is 0 Å². The van der Waals surface area contributed by atoms with Crippen LogP contribution in [0.2, 0.25) is 0 Å². The van der Waals surface area contributed by atoms with Crippen molar-refractivity contribution in [3.63, 3.8) is 0 Å². The maximum atomic E-state index is 13.9. The van der Waals surface area contributed by atoms with Crippen molar-refractivity contribution in [3.8, 4) is 0 Å². The summed E-state index contributed by atoms with van der Waals surface area (Å²) in [5, 5.41) is 1.49. The molecular formula is C17H13FIN. The third-order valence-electron chi connectivity index (χ3n) is 3.48. The van der Waals surface area contributed by atoms with Gasteiger partial charge in [-0.3, -0.25) is 0 Å². The molecule has 100 valence electrons. The van der Waals surface area contributed by atoms with Crippen LogP contribution in [0, 0.1) is 9.39 Å². The van der Waals surface area contributed by atoms with Gasteiger partial charge in [0.1, 0.15) is 5.82 Å². The van der Waals surface area contributed by atoms with Crippen LogP contribution in [-0.2, 0) is 0 Å². The van der Waals surface area contributed by atoms with Gasteiger partial charge in [0.25, 0.3) is 0 Å². The van der Waals surface area contributed by atoms with Crippen molar-refractivity contribution < 1.29 is 4.39 Å². The van der Waals surface area contributed by atoms with E-state index in [4.69, 9.17) is 5.73 Å². The van der Waals surface area contributed by atoms with Gasteiger partial charge in [0.05, 0.1) is 6.04 Å². The first-order valence-corrected chi connectivity index (χ1v) is 7.43. The summed E-state index contributed by atoms with van der Waals surface area (Å²) in [6, 6.07) is 18.5. The molecule has 20 heavy (non-hydrogen) atoms. The second-order valence-corrected chi connectivity index (χ2v) is 5.84. The van der Waals surface area contributed by atoms with E-state index < -0.39 is 0 Å². The molecule has 1 nitrogen and oxygen atoms in total. The van der Waals surface area contributed by atoms with Crippen LogP contribution in [0.1, 0.15) is 17.2 Å². The highest BCUT2D eigenvalue weighted by Crippen LogP contribution is 2.30. The maximum absolute atomic E-state index is 13.9. The summed E-state index contributed by atoms with van der Waals surface area (Å²) < 4.78 is 15.0. The summed E-state index contributed by atoms with van der Waals surface area (Å²) in [6.45, 7) is 0. The molecule has 0 aliphatic heterocycles. The van der Waals surface area contributed by atoms with E-state index in [-0.39, 0.29) is 11.9 Å². The van der Waals surface area contributed by atoms with Crippen molar-refractivity contribution >= 4 is 33.4 Å². The molecule has 0 radical (unpaired) electrons. The van der Waals surface area contributed by atoms with Crippen LogP contribution >= 0.6 is 22.6 Å². The summed E-state index contributed by atoms with van der Waals surface area (Å²) in [4.78, 5) is 0. The highest BCUT2D eigenvalue weighted by molar-refractivity contribution is 14.1. The van der Waals surface area contributed by atoms with Gasteiger partial charge in [-0.1, -0.05) is 48.5 Å². The van der Waals surface area contributed by atoms with Gasteiger partial charge in [-0.15, -0.1) is 0 Å². The molecule has 0 aliphatic rings. The van der Waals surface area contributed by atoms with Crippen LogP contribution in [0.25, 0.3) is 10.8 Å². The lowest BCUT2D eigenvalue weighted by atomic mass is 9.94. The van der Waals surface area contributed by atoms with Crippen LogP contribution in [-0.4, -0.2) is 0 Å². The Hall–Kier alpha value is -1.46. The minimum atomic E-state index is -0.256. The quantitative estimate of drug-likeness (QED) is 0.648. The molecule has 3 heteroatoms. The lowest BCUT2D eigenvalue weighted by molar-refractivity contribution is 0.639. The Morgan fingerprint density at radius 3 is 2.20 bits per heavy atom. The lowest BCUT2D eigenvalue weighted by Crippen LogP contribution is -2.13. The van der Waals surface area contributed by atoms with Gasteiger partial charge in [-0.25, -0.2) is 4.39 Å². The second kappa shape index (κ2) is 5.50. The van der Waals surface area contributed by atoms with Crippen molar-refractivity contribution in [2.45, 2.75) is 6.04 Å². The first-order chi connectivity index (χ1) is 9.68. The zero-order valence-electron chi connectivity index (χ0n) is 10.7. The first kappa shape index (κ1) is 13.5. The van der Waals surface area contributed by atoms with E-state index in [0.29, 0.717) is 5.39 Å². The first-order valence-electron chi connectivity index (χ1n) is 6.35. The molecule has 3 aromatic carbocycles. The van der Waals surface area contributed by atoms with E-state index >= 15 is 0 Å². The van der Waals surface area contributed by atoms with E-state index in [2.05, 4.69) is 22.6 Å². The normalized spacial score (nSPS) is 12.6. The smallest absolute Gasteiger partial charge is 0.131 e. The predicted molar refractivity (Wildman–Crippen MR) is 89.1 cm³/mol. The SMILES string of the molecule is NC(c1ccccc1I)c1ccc(F)c2ccccc12.